The van der Waals surface area contributed by atoms with Crippen LogP contribution in [0.4, 0.5) is 4.39 Å². The van der Waals surface area contributed by atoms with Gasteiger partial charge in [-0.05, 0) is 25.0 Å². The normalized spacial score (nSPS) is 25.4. The standard InChI is InChI=1S/C16H21FO2/c17-14(12-19-15-7-2-1-3-8-15)11-10-13-6-4-5-9-16(13)18/h1-3,7-8,10-11,13-14,16,18H,4-6,9,12H2/b11-10+. The van der Waals surface area contributed by atoms with Crippen LogP contribution in [0.25, 0.3) is 0 Å². The number of aliphatic hydroxyl groups is 1. The van der Waals surface area contributed by atoms with Gasteiger partial charge in [0.1, 0.15) is 12.4 Å². The highest BCUT2D eigenvalue weighted by Gasteiger charge is 2.20. The molecule has 1 aliphatic carbocycles. The minimum atomic E-state index is -1.13. The number of alkyl halides is 1. The summed E-state index contributed by atoms with van der Waals surface area (Å²) in [5.41, 5.74) is 0. The third-order valence-electron chi connectivity index (χ3n) is 3.50. The zero-order valence-corrected chi connectivity index (χ0v) is 11.0. The summed E-state index contributed by atoms with van der Waals surface area (Å²) in [4.78, 5) is 0. The largest absolute Gasteiger partial charge is 0.490 e. The fourth-order valence-corrected chi connectivity index (χ4v) is 2.38. The highest BCUT2D eigenvalue weighted by atomic mass is 19.1. The minimum Gasteiger partial charge on any atom is -0.490 e. The first-order valence-electron chi connectivity index (χ1n) is 6.94. The monoisotopic (exact) mass is 264 g/mol. The average molecular weight is 264 g/mol. The third kappa shape index (κ3) is 4.67. The Hall–Kier alpha value is -1.35. The van der Waals surface area contributed by atoms with Crippen LogP contribution in [0.5, 0.6) is 5.75 Å². The van der Waals surface area contributed by atoms with E-state index in [1.807, 2.05) is 24.3 Å². The van der Waals surface area contributed by atoms with Crippen molar-refractivity contribution in [1.82, 2.24) is 0 Å². The van der Waals surface area contributed by atoms with Crippen molar-refractivity contribution in [2.24, 2.45) is 5.92 Å². The molecule has 1 saturated carbocycles. The van der Waals surface area contributed by atoms with Crippen molar-refractivity contribution < 1.29 is 14.2 Å². The number of ether oxygens (including phenoxy) is 1. The van der Waals surface area contributed by atoms with E-state index in [4.69, 9.17) is 4.74 Å². The molecule has 0 spiro atoms. The average Bonchev–Trinajstić information content (AvgIpc) is 2.45. The number of hydrogen-bond acceptors (Lipinski definition) is 2. The molecule has 0 aromatic heterocycles. The first-order valence-corrected chi connectivity index (χ1v) is 6.94. The van der Waals surface area contributed by atoms with E-state index in [9.17, 15) is 9.50 Å². The van der Waals surface area contributed by atoms with Gasteiger partial charge in [0.25, 0.3) is 0 Å². The van der Waals surface area contributed by atoms with E-state index in [1.54, 1.807) is 12.1 Å². The fourth-order valence-electron chi connectivity index (χ4n) is 2.38. The number of benzene rings is 1. The maximum absolute atomic E-state index is 13.7. The van der Waals surface area contributed by atoms with Gasteiger partial charge in [-0.1, -0.05) is 43.2 Å². The van der Waals surface area contributed by atoms with E-state index in [2.05, 4.69) is 0 Å². The maximum atomic E-state index is 13.7. The summed E-state index contributed by atoms with van der Waals surface area (Å²) < 4.78 is 19.0. The van der Waals surface area contributed by atoms with Crippen molar-refractivity contribution in [3.8, 4) is 5.75 Å². The molecule has 0 heterocycles. The Morgan fingerprint density at radius 3 is 2.74 bits per heavy atom. The Balaban J connectivity index is 1.75. The summed E-state index contributed by atoms with van der Waals surface area (Å²) >= 11 is 0. The Kier molecular flexibility index (Phi) is 5.40. The van der Waals surface area contributed by atoms with Crippen LogP contribution in [-0.2, 0) is 0 Å². The Morgan fingerprint density at radius 1 is 1.26 bits per heavy atom. The van der Waals surface area contributed by atoms with Gasteiger partial charge in [0.15, 0.2) is 6.17 Å². The summed E-state index contributed by atoms with van der Waals surface area (Å²) in [6.07, 6.45) is 5.84. The lowest BCUT2D eigenvalue weighted by molar-refractivity contribution is 0.0922. The van der Waals surface area contributed by atoms with Gasteiger partial charge in [0, 0.05) is 5.92 Å². The van der Waals surface area contributed by atoms with E-state index in [-0.39, 0.29) is 18.6 Å². The SMILES string of the molecule is OC1CCCCC1/C=C/C(F)COc1ccccc1. The molecule has 0 radical (unpaired) electrons. The molecule has 2 nitrogen and oxygen atoms in total. The van der Waals surface area contributed by atoms with Gasteiger partial charge in [-0.25, -0.2) is 4.39 Å². The molecule has 1 N–H and O–H groups in total. The molecule has 3 unspecified atom stereocenters. The molecule has 19 heavy (non-hydrogen) atoms. The zero-order valence-electron chi connectivity index (χ0n) is 11.0. The number of para-hydroxylation sites is 1. The van der Waals surface area contributed by atoms with Crippen molar-refractivity contribution in [2.45, 2.75) is 38.0 Å². The van der Waals surface area contributed by atoms with E-state index in [0.29, 0.717) is 5.75 Å². The number of hydrogen-bond donors (Lipinski definition) is 1. The van der Waals surface area contributed by atoms with Crippen molar-refractivity contribution in [1.29, 1.82) is 0 Å². The second-order valence-corrected chi connectivity index (χ2v) is 5.04. The second-order valence-electron chi connectivity index (χ2n) is 5.04. The third-order valence-corrected chi connectivity index (χ3v) is 3.50. The van der Waals surface area contributed by atoms with Gasteiger partial charge in [-0.2, -0.15) is 0 Å². The topological polar surface area (TPSA) is 29.5 Å². The molecule has 2 rings (SSSR count). The molecule has 0 saturated heterocycles. The van der Waals surface area contributed by atoms with Crippen LogP contribution in [0, 0.1) is 5.92 Å². The predicted molar refractivity (Wildman–Crippen MR) is 73.9 cm³/mol. The molecule has 1 fully saturated rings. The molecule has 104 valence electrons. The summed E-state index contributed by atoms with van der Waals surface area (Å²) in [5, 5.41) is 9.78. The highest BCUT2D eigenvalue weighted by molar-refractivity contribution is 5.21. The Labute approximate surface area is 113 Å². The Morgan fingerprint density at radius 2 is 2.00 bits per heavy atom. The summed E-state index contributed by atoms with van der Waals surface area (Å²) in [7, 11) is 0. The molecule has 3 heteroatoms. The second kappa shape index (κ2) is 7.29. The summed E-state index contributed by atoms with van der Waals surface area (Å²) in [6.45, 7) is 0.0172. The van der Waals surface area contributed by atoms with Gasteiger partial charge in [-0.3, -0.25) is 0 Å². The quantitative estimate of drug-likeness (QED) is 0.825. The van der Waals surface area contributed by atoms with Gasteiger partial charge in [0.2, 0.25) is 0 Å². The van der Waals surface area contributed by atoms with E-state index in [0.717, 1.165) is 25.7 Å². The summed E-state index contributed by atoms with van der Waals surface area (Å²) in [5.74, 6) is 0.778. The molecule has 0 amide bonds. The van der Waals surface area contributed by atoms with Crippen LogP contribution < -0.4 is 4.74 Å². The van der Waals surface area contributed by atoms with Crippen molar-refractivity contribution >= 4 is 0 Å². The lowest BCUT2D eigenvalue weighted by Crippen LogP contribution is -2.23. The van der Waals surface area contributed by atoms with Crippen LogP contribution in [-0.4, -0.2) is 24.0 Å². The van der Waals surface area contributed by atoms with E-state index < -0.39 is 6.17 Å². The molecular formula is C16H21FO2. The first kappa shape index (κ1) is 14.1. The fraction of sp³-hybridized carbons (Fsp3) is 0.500. The van der Waals surface area contributed by atoms with Crippen molar-refractivity contribution in [2.75, 3.05) is 6.61 Å². The van der Waals surface area contributed by atoms with Crippen LogP contribution in [0.1, 0.15) is 25.7 Å². The summed E-state index contributed by atoms with van der Waals surface area (Å²) in [6, 6.07) is 9.22. The number of halogens is 1. The number of rotatable bonds is 5. The minimum absolute atomic E-state index is 0.0172. The number of aliphatic hydroxyl groups excluding tert-OH is 1. The van der Waals surface area contributed by atoms with E-state index >= 15 is 0 Å². The van der Waals surface area contributed by atoms with Crippen LogP contribution in [0.2, 0.25) is 0 Å². The van der Waals surface area contributed by atoms with Gasteiger partial charge in [0.05, 0.1) is 6.10 Å². The first-order chi connectivity index (χ1) is 9.25. The maximum Gasteiger partial charge on any atom is 0.152 e. The predicted octanol–water partition coefficient (Wildman–Crippen LogP) is 3.51. The molecule has 1 aromatic rings. The van der Waals surface area contributed by atoms with Crippen LogP contribution in [0.3, 0.4) is 0 Å². The van der Waals surface area contributed by atoms with Gasteiger partial charge < -0.3 is 9.84 Å². The highest BCUT2D eigenvalue weighted by Crippen LogP contribution is 2.25. The van der Waals surface area contributed by atoms with Gasteiger partial charge in [-0.15, -0.1) is 0 Å². The molecule has 0 aliphatic heterocycles. The smallest absolute Gasteiger partial charge is 0.152 e. The Bertz CT molecular complexity index is 391. The molecular weight excluding hydrogens is 243 g/mol. The van der Waals surface area contributed by atoms with E-state index in [1.165, 1.54) is 6.08 Å². The zero-order chi connectivity index (χ0) is 13.5. The molecule has 1 aromatic carbocycles. The molecule has 3 atom stereocenters. The lowest BCUT2D eigenvalue weighted by atomic mass is 9.86. The van der Waals surface area contributed by atoms with Gasteiger partial charge >= 0.3 is 0 Å². The lowest BCUT2D eigenvalue weighted by Gasteiger charge is -2.24. The van der Waals surface area contributed by atoms with Crippen LogP contribution >= 0.6 is 0 Å². The molecule has 1 aliphatic rings. The molecule has 0 bridgehead atoms. The van der Waals surface area contributed by atoms with Crippen molar-refractivity contribution in [3.63, 3.8) is 0 Å². The van der Waals surface area contributed by atoms with Crippen molar-refractivity contribution in [3.05, 3.63) is 42.5 Å². The van der Waals surface area contributed by atoms with Crippen LogP contribution in [0.15, 0.2) is 42.5 Å².